The maximum absolute atomic E-state index is 13.6. The number of nitrogens with zero attached hydrogens (tertiary/aromatic N) is 3. The number of benzene rings is 3. The number of rotatable bonds is 8. The van der Waals surface area contributed by atoms with Gasteiger partial charge >= 0.3 is 0 Å². The van der Waals surface area contributed by atoms with Crippen molar-refractivity contribution in [1.29, 1.82) is 0 Å². The van der Waals surface area contributed by atoms with E-state index in [1.165, 1.54) is 22.5 Å². The van der Waals surface area contributed by atoms with Gasteiger partial charge in [-0.1, -0.05) is 71.2 Å². The number of halogens is 3. The second-order valence-corrected chi connectivity index (χ2v) is 11.7. The molecule has 10 heteroatoms. The first kappa shape index (κ1) is 26.8. The molecule has 6 nitrogen and oxygen atoms in total. The van der Waals surface area contributed by atoms with E-state index in [9.17, 15) is 13.2 Å². The first-order valence-corrected chi connectivity index (χ1v) is 14.1. The fourth-order valence-corrected chi connectivity index (χ4v) is 6.45. The fourth-order valence-electron chi connectivity index (χ4n) is 4.13. The van der Waals surface area contributed by atoms with Crippen LogP contribution < -0.4 is 4.90 Å². The maximum Gasteiger partial charge on any atom is 0.245 e. The number of anilines is 1. The van der Waals surface area contributed by atoms with Crippen LogP contribution in [0.1, 0.15) is 5.56 Å². The van der Waals surface area contributed by atoms with Gasteiger partial charge in [0.25, 0.3) is 0 Å². The van der Waals surface area contributed by atoms with Crippen LogP contribution in [0.2, 0.25) is 15.1 Å². The van der Waals surface area contributed by atoms with E-state index in [2.05, 4.69) is 4.90 Å². The van der Waals surface area contributed by atoms with Crippen molar-refractivity contribution in [2.45, 2.75) is 11.3 Å². The highest BCUT2D eigenvalue weighted by molar-refractivity contribution is 7.89. The van der Waals surface area contributed by atoms with Gasteiger partial charge in [0.2, 0.25) is 15.9 Å². The van der Waals surface area contributed by atoms with E-state index in [1.807, 2.05) is 54.6 Å². The summed E-state index contributed by atoms with van der Waals surface area (Å²) in [6, 6.07) is 21.4. The molecule has 36 heavy (non-hydrogen) atoms. The summed E-state index contributed by atoms with van der Waals surface area (Å²) in [7, 11) is -4.07. The van der Waals surface area contributed by atoms with Crippen molar-refractivity contribution in [1.82, 2.24) is 9.21 Å². The minimum Gasteiger partial charge on any atom is -0.368 e. The summed E-state index contributed by atoms with van der Waals surface area (Å²) in [4.78, 5) is 17.0. The zero-order valence-corrected chi connectivity index (χ0v) is 22.6. The molecule has 3 aromatic carbocycles. The quantitative estimate of drug-likeness (QED) is 0.375. The average Bonchev–Trinajstić information content (AvgIpc) is 2.88. The molecule has 0 radical (unpaired) electrons. The second kappa shape index (κ2) is 11.8. The summed E-state index contributed by atoms with van der Waals surface area (Å²) in [5.74, 6) is -0.254. The van der Waals surface area contributed by atoms with Crippen molar-refractivity contribution in [3.63, 3.8) is 0 Å². The van der Waals surface area contributed by atoms with Crippen LogP contribution in [0.5, 0.6) is 0 Å². The summed E-state index contributed by atoms with van der Waals surface area (Å²) >= 11 is 18.4. The number of sulfonamides is 1. The minimum atomic E-state index is -4.07. The first-order chi connectivity index (χ1) is 17.2. The lowest BCUT2D eigenvalue weighted by molar-refractivity contribution is -0.131. The van der Waals surface area contributed by atoms with Crippen LogP contribution in [0, 0.1) is 0 Å². The van der Waals surface area contributed by atoms with E-state index >= 15 is 0 Å². The SMILES string of the molecule is O=C(CN(CCc1ccccc1)S(=O)(=O)c1cc(Cl)ccc1Cl)N1CCN(c2cccc(Cl)c2)CC1. The second-order valence-electron chi connectivity index (χ2n) is 8.50. The van der Waals surface area contributed by atoms with Crippen LogP contribution in [0.3, 0.4) is 0 Å². The zero-order valence-electron chi connectivity index (χ0n) is 19.5. The van der Waals surface area contributed by atoms with E-state index in [0.717, 1.165) is 11.3 Å². The van der Waals surface area contributed by atoms with E-state index in [1.54, 1.807) is 4.90 Å². The van der Waals surface area contributed by atoms with Gasteiger partial charge in [-0.25, -0.2) is 8.42 Å². The molecule has 1 saturated heterocycles. The molecule has 1 aliphatic heterocycles. The van der Waals surface area contributed by atoms with Crippen LogP contribution in [0.15, 0.2) is 77.7 Å². The van der Waals surface area contributed by atoms with Gasteiger partial charge in [0.15, 0.2) is 0 Å². The van der Waals surface area contributed by atoms with Crippen molar-refractivity contribution in [3.05, 3.63) is 93.4 Å². The Morgan fingerprint density at radius 3 is 2.22 bits per heavy atom. The molecule has 0 aliphatic carbocycles. The van der Waals surface area contributed by atoms with Gasteiger partial charge in [-0.2, -0.15) is 4.31 Å². The smallest absolute Gasteiger partial charge is 0.245 e. The minimum absolute atomic E-state index is 0.0618. The molecule has 190 valence electrons. The maximum atomic E-state index is 13.6. The molecular formula is C26H26Cl3N3O3S. The molecule has 0 spiro atoms. The Balaban J connectivity index is 1.49. The molecule has 0 saturated carbocycles. The Bertz CT molecular complexity index is 1310. The van der Waals surface area contributed by atoms with E-state index < -0.39 is 10.0 Å². The summed E-state index contributed by atoms with van der Waals surface area (Å²) < 4.78 is 28.4. The van der Waals surface area contributed by atoms with Crippen LogP contribution in [-0.4, -0.2) is 62.8 Å². The monoisotopic (exact) mass is 565 g/mol. The third kappa shape index (κ3) is 6.52. The topological polar surface area (TPSA) is 60.9 Å². The summed E-state index contributed by atoms with van der Waals surface area (Å²) in [5.41, 5.74) is 1.97. The van der Waals surface area contributed by atoms with Crippen molar-refractivity contribution in [3.8, 4) is 0 Å². The molecule has 1 heterocycles. The van der Waals surface area contributed by atoms with E-state index in [4.69, 9.17) is 34.8 Å². The number of hydrogen-bond donors (Lipinski definition) is 0. The highest BCUT2D eigenvalue weighted by Gasteiger charge is 2.31. The molecule has 0 aromatic heterocycles. The van der Waals surface area contributed by atoms with Gasteiger partial charge in [0.05, 0.1) is 11.6 Å². The van der Waals surface area contributed by atoms with Gasteiger partial charge in [0, 0.05) is 48.5 Å². The van der Waals surface area contributed by atoms with Crippen LogP contribution in [0.4, 0.5) is 5.69 Å². The van der Waals surface area contributed by atoms with Crippen molar-refractivity contribution in [2.24, 2.45) is 0 Å². The Morgan fingerprint density at radius 2 is 1.53 bits per heavy atom. The average molecular weight is 567 g/mol. The lowest BCUT2D eigenvalue weighted by Crippen LogP contribution is -2.52. The van der Waals surface area contributed by atoms with E-state index in [-0.39, 0.29) is 33.9 Å². The molecule has 1 amide bonds. The van der Waals surface area contributed by atoms with Crippen LogP contribution >= 0.6 is 34.8 Å². The molecule has 0 bridgehead atoms. The number of carbonyl (C=O) groups excluding carboxylic acids is 1. The Labute approximate surface area is 227 Å². The lowest BCUT2D eigenvalue weighted by Gasteiger charge is -2.37. The summed E-state index contributed by atoms with van der Waals surface area (Å²) in [6.07, 6.45) is 0.452. The van der Waals surface area contributed by atoms with E-state index in [0.29, 0.717) is 37.6 Å². The third-order valence-electron chi connectivity index (χ3n) is 6.12. The predicted molar refractivity (Wildman–Crippen MR) is 146 cm³/mol. The molecule has 0 atom stereocenters. The van der Waals surface area contributed by atoms with Gasteiger partial charge < -0.3 is 9.80 Å². The first-order valence-electron chi connectivity index (χ1n) is 11.5. The highest BCUT2D eigenvalue weighted by Crippen LogP contribution is 2.28. The Kier molecular flexibility index (Phi) is 8.80. The standard InChI is InChI=1S/C26H26Cl3N3O3S/c27-21-7-4-8-23(17-21)30-13-15-31(16-14-30)26(33)19-32(12-11-20-5-2-1-3-6-20)36(34,35)25-18-22(28)9-10-24(25)29/h1-10,17-18H,11-16,19H2. The third-order valence-corrected chi connectivity index (χ3v) is 8.92. The fraction of sp³-hybridized carbons (Fsp3) is 0.269. The molecule has 1 fully saturated rings. The Hall–Kier alpha value is -2.29. The molecule has 0 unspecified atom stereocenters. The largest absolute Gasteiger partial charge is 0.368 e. The van der Waals surface area contributed by atoms with Gasteiger partial charge in [-0.15, -0.1) is 0 Å². The van der Waals surface area contributed by atoms with Crippen molar-refractivity contribution in [2.75, 3.05) is 44.2 Å². The lowest BCUT2D eigenvalue weighted by atomic mass is 10.1. The van der Waals surface area contributed by atoms with Crippen LogP contribution in [0.25, 0.3) is 0 Å². The van der Waals surface area contributed by atoms with Gasteiger partial charge in [0.1, 0.15) is 4.90 Å². The summed E-state index contributed by atoms with van der Waals surface area (Å²) in [5, 5.41) is 0.973. The molecule has 3 aromatic rings. The Morgan fingerprint density at radius 1 is 0.833 bits per heavy atom. The molecule has 0 N–H and O–H groups in total. The number of amides is 1. The number of carbonyl (C=O) groups is 1. The predicted octanol–water partition coefficient (Wildman–Crippen LogP) is 5.23. The van der Waals surface area contributed by atoms with Gasteiger partial charge in [-0.3, -0.25) is 4.79 Å². The number of hydrogen-bond acceptors (Lipinski definition) is 4. The molecular weight excluding hydrogens is 541 g/mol. The molecule has 4 rings (SSSR count). The zero-order chi connectivity index (χ0) is 25.7. The normalized spacial score (nSPS) is 14.3. The number of piperazine rings is 1. The summed E-state index contributed by atoms with van der Waals surface area (Å²) in [6.45, 7) is 2.07. The van der Waals surface area contributed by atoms with Crippen molar-refractivity contribution >= 4 is 56.4 Å². The van der Waals surface area contributed by atoms with Gasteiger partial charge in [-0.05, 0) is 48.4 Å². The van der Waals surface area contributed by atoms with Crippen molar-refractivity contribution < 1.29 is 13.2 Å². The molecule has 1 aliphatic rings. The van der Waals surface area contributed by atoms with Crippen LogP contribution in [-0.2, 0) is 21.2 Å². The highest BCUT2D eigenvalue weighted by atomic mass is 35.5.